The smallest absolute Gasteiger partial charge is 0.101 e. The van der Waals surface area contributed by atoms with Crippen LogP contribution in [0.15, 0.2) is 18.5 Å². The lowest BCUT2D eigenvalue weighted by molar-refractivity contribution is 0.701. The van der Waals surface area contributed by atoms with Gasteiger partial charge in [-0.3, -0.25) is 4.98 Å². The molecule has 0 atom stereocenters. The molecule has 1 saturated carbocycles. The molecule has 0 bridgehead atoms. The maximum absolute atomic E-state index is 8.84. The van der Waals surface area contributed by atoms with Crippen molar-refractivity contribution in [3.05, 3.63) is 24.0 Å². The van der Waals surface area contributed by atoms with Gasteiger partial charge in [0.2, 0.25) is 0 Å². The van der Waals surface area contributed by atoms with Crippen molar-refractivity contribution in [2.45, 2.75) is 18.9 Å². The lowest BCUT2D eigenvalue weighted by Crippen LogP contribution is -2.24. The van der Waals surface area contributed by atoms with E-state index in [9.17, 15) is 0 Å². The number of nitriles is 1. The molecule has 78 valence electrons. The molecule has 4 heteroatoms. The highest BCUT2D eigenvalue weighted by Crippen LogP contribution is 2.18. The number of anilines is 1. The molecule has 0 aromatic carbocycles. The van der Waals surface area contributed by atoms with Crippen molar-refractivity contribution in [3.63, 3.8) is 0 Å². The van der Waals surface area contributed by atoms with Gasteiger partial charge in [-0.1, -0.05) is 0 Å². The predicted molar refractivity (Wildman–Crippen MR) is 58.5 cm³/mol. The van der Waals surface area contributed by atoms with Crippen molar-refractivity contribution in [1.29, 1.82) is 5.26 Å². The lowest BCUT2D eigenvalue weighted by atomic mass is 10.2. The van der Waals surface area contributed by atoms with E-state index in [1.54, 1.807) is 18.5 Å². The third kappa shape index (κ3) is 2.93. The largest absolute Gasteiger partial charge is 0.381 e. The molecule has 2 N–H and O–H groups in total. The number of pyridine rings is 1. The first kappa shape index (κ1) is 9.94. The number of rotatable bonds is 5. The monoisotopic (exact) mass is 202 g/mol. The molecule has 15 heavy (non-hydrogen) atoms. The first-order valence-electron chi connectivity index (χ1n) is 5.21. The molecule has 0 radical (unpaired) electrons. The highest BCUT2D eigenvalue weighted by Gasteiger charge is 2.19. The van der Waals surface area contributed by atoms with Crippen LogP contribution >= 0.6 is 0 Å². The minimum atomic E-state index is 0.649. The zero-order chi connectivity index (χ0) is 10.5. The van der Waals surface area contributed by atoms with Gasteiger partial charge in [-0.15, -0.1) is 0 Å². The van der Waals surface area contributed by atoms with Crippen LogP contribution in [-0.2, 0) is 0 Å². The molecule has 2 rings (SSSR count). The van der Waals surface area contributed by atoms with Crippen LogP contribution in [0.1, 0.15) is 18.4 Å². The van der Waals surface area contributed by atoms with Gasteiger partial charge in [-0.25, -0.2) is 0 Å². The Morgan fingerprint density at radius 3 is 3.07 bits per heavy atom. The SMILES string of the molecule is N#Cc1ccncc1NCCNC1CC1. The van der Waals surface area contributed by atoms with Crippen LogP contribution in [0.25, 0.3) is 0 Å². The average molecular weight is 202 g/mol. The zero-order valence-electron chi connectivity index (χ0n) is 8.53. The van der Waals surface area contributed by atoms with Crippen molar-refractivity contribution >= 4 is 5.69 Å². The molecular weight excluding hydrogens is 188 g/mol. The summed E-state index contributed by atoms with van der Waals surface area (Å²) < 4.78 is 0. The second kappa shape index (κ2) is 4.76. The zero-order valence-corrected chi connectivity index (χ0v) is 8.53. The van der Waals surface area contributed by atoms with Crippen LogP contribution in [0.5, 0.6) is 0 Å². The van der Waals surface area contributed by atoms with E-state index in [-0.39, 0.29) is 0 Å². The van der Waals surface area contributed by atoms with Gasteiger partial charge < -0.3 is 10.6 Å². The van der Waals surface area contributed by atoms with E-state index < -0.39 is 0 Å². The molecule has 0 saturated heterocycles. The van der Waals surface area contributed by atoms with Crippen LogP contribution in [0, 0.1) is 11.3 Å². The second-order valence-electron chi connectivity index (χ2n) is 3.69. The summed E-state index contributed by atoms with van der Waals surface area (Å²) >= 11 is 0. The summed E-state index contributed by atoms with van der Waals surface area (Å²) in [7, 11) is 0. The van der Waals surface area contributed by atoms with E-state index >= 15 is 0 Å². The number of nitrogens with zero attached hydrogens (tertiary/aromatic N) is 2. The van der Waals surface area contributed by atoms with Gasteiger partial charge in [0, 0.05) is 25.3 Å². The fourth-order valence-electron chi connectivity index (χ4n) is 1.39. The van der Waals surface area contributed by atoms with Gasteiger partial charge in [0.15, 0.2) is 0 Å². The molecular formula is C11H14N4. The maximum atomic E-state index is 8.84. The first-order chi connectivity index (χ1) is 7.40. The van der Waals surface area contributed by atoms with Gasteiger partial charge in [0.05, 0.1) is 17.4 Å². The summed E-state index contributed by atoms with van der Waals surface area (Å²) in [6.45, 7) is 1.77. The Balaban J connectivity index is 1.79. The number of nitrogens with one attached hydrogen (secondary N) is 2. The number of hydrogen-bond acceptors (Lipinski definition) is 4. The van der Waals surface area contributed by atoms with Crippen molar-refractivity contribution in [2.75, 3.05) is 18.4 Å². The van der Waals surface area contributed by atoms with Gasteiger partial charge >= 0.3 is 0 Å². The van der Waals surface area contributed by atoms with Gasteiger partial charge in [0.25, 0.3) is 0 Å². The normalized spacial score (nSPS) is 14.6. The van der Waals surface area contributed by atoms with Crippen LogP contribution in [0.2, 0.25) is 0 Å². The summed E-state index contributed by atoms with van der Waals surface area (Å²) in [6.07, 6.45) is 5.93. The fourth-order valence-corrected chi connectivity index (χ4v) is 1.39. The quantitative estimate of drug-likeness (QED) is 0.702. The van der Waals surface area contributed by atoms with E-state index in [0.29, 0.717) is 5.56 Å². The summed E-state index contributed by atoms with van der Waals surface area (Å²) in [5.74, 6) is 0. The Morgan fingerprint density at radius 1 is 1.47 bits per heavy atom. The van der Waals surface area contributed by atoms with Crippen molar-refractivity contribution in [2.24, 2.45) is 0 Å². The topological polar surface area (TPSA) is 60.7 Å². The van der Waals surface area contributed by atoms with E-state index in [1.807, 2.05) is 0 Å². The van der Waals surface area contributed by atoms with Gasteiger partial charge in [0.1, 0.15) is 6.07 Å². The van der Waals surface area contributed by atoms with Crippen molar-refractivity contribution in [1.82, 2.24) is 10.3 Å². The Morgan fingerprint density at radius 2 is 2.33 bits per heavy atom. The molecule has 0 amide bonds. The van der Waals surface area contributed by atoms with Crippen LogP contribution in [0.3, 0.4) is 0 Å². The third-order valence-corrected chi connectivity index (χ3v) is 2.39. The molecule has 1 aromatic heterocycles. The summed E-state index contributed by atoms with van der Waals surface area (Å²) in [6, 6.07) is 4.59. The Hall–Kier alpha value is -1.60. The maximum Gasteiger partial charge on any atom is 0.101 e. The van der Waals surface area contributed by atoms with Crippen LogP contribution < -0.4 is 10.6 Å². The average Bonchev–Trinajstić information content (AvgIpc) is 3.09. The summed E-state index contributed by atoms with van der Waals surface area (Å²) in [4.78, 5) is 3.99. The Bertz CT molecular complexity index is 365. The third-order valence-electron chi connectivity index (χ3n) is 2.39. The molecule has 1 aliphatic rings. The molecule has 1 aliphatic carbocycles. The van der Waals surface area contributed by atoms with E-state index in [1.165, 1.54) is 12.8 Å². The Labute approximate surface area is 89.3 Å². The predicted octanol–water partition coefficient (Wildman–Crippen LogP) is 1.12. The first-order valence-corrected chi connectivity index (χ1v) is 5.21. The van der Waals surface area contributed by atoms with E-state index in [2.05, 4.69) is 21.7 Å². The molecule has 1 heterocycles. The van der Waals surface area contributed by atoms with Crippen molar-refractivity contribution in [3.8, 4) is 6.07 Å². The summed E-state index contributed by atoms with van der Waals surface area (Å²) in [5, 5.41) is 15.4. The standard InChI is InChI=1S/C11H14N4/c12-7-9-3-4-13-8-11(9)15-6-5-14-10-1-2-10/h3-4,8,10,14-15H,1-2,5-6H2. The second-order valence-corrected chi connectivity index (χ2v) is 3.69. The summed E-state index contributed by atoms with van der Waals surface area (Å²) in [5.41, 5.74) is 1.47. The minimum Gasteiger partial charge on any atom is -0.381 e. The molecule has 1 aromatic rings. The lowest BCUT2D eigenvalue weighted by Gasteiger charge is -2.07. The fraction of sp³-hybridized carbons (Fsp3) is 0.455. The molecule has 1 fully saturated rings. The van der Waals surface area contributed by atoms with Crippen molar-refractivity contribution < 1.29 is 0 Å². The van der Waals surface area contributed by atoms with Crippen LogP contribution in [-0.4, -0.2) is 24.1 Å². The van der Waals surface area contributed by atoms with Gasteiger partial charge in [-0.05, 0) is 18.9 Å². The van der Waals surface area contributed by atoms with Crippen LogP contribution in [0.4, 0.5) is 5.69 Å². The molecule has 0 aliphatic heterocycles. The highest BCUT2D eigenvalue weighted by atomic mass is 15.0. The minimum absolute atomic E-state index is 0.649. The number of aromatic nitrogens is 1. The molecule has 4 nitrogen and oxygen atoms in total. The van der Waals surface area contributed by atoms with E-state index in [4.69, 9.17) is 5.26 Å². The van der Waals surface area contributed by atoms with Gasteiger partial charge in [-0.2, -0.15) is 5.26 Å². The Kier molecular flexibility index (Phi) is 3.15. The molecule has 0 spiro atoms. The number of hydrogen-bond donors (Lipinski definition) is 2. The van der Waals surface area contributed by atoms with E-state index in [0.717, 1.165) is 24.8 Å². The highest BCUT2D eigenvalue weighted by molar-refractivity contribution is 5.55. The molecule has 0 unspecified atom stereocenters.